The van der Waals surface area contributed by atoms with Gasteiger partial charge < -0.3 is 9.84 Å². The van der Waals surface area contributed by atoms with Gasteiger partial charge in [-0.05, 0) is 36.6 Å². The Balaban J connectivity index is 1.79. The topological polar surface area (TPSA) is 71.5 Å². The maximum Gasteiger partial charge on any atom is 0.325 e. The van der Waals surface area contributed by atoms with Gasteiger partial charge in [0.1, 0.15) is 6.04 Å². The molecule has 5 heteroatoms. The Morgan fingerprint density at radius 2 is 2.38 bits per heavy atom. The highest BCUT2D eigenvalue weighted by molar-refractivity contribution is 5.82. The Bertz CT molecular complexity index is 638. The zero-order valence-electron chi connectivity index (χ0n) is 11.7. The summed E-state index contributed by atoms with van der Waals surface area (Å²) in [5.41, 5.74) is 1.60. The summed E-state index contributed by atoms with van der Waals surface area (Å²) in [6.45, 7) is 1.33. The molecule has 2 atom stereocenters. The number of nitrogens with one attached hydrogen (secondary N) is 1. The first-order valence-corrected chi connectivity index (χ1v) is 7.16. The van der Waals surface area contributed by atoms with Gasteiger partial charge in [0.2, 0.25) is 0 Å². The molecule has 2 aromatic rings. The first-order valence-electron chi connectivity index (χ1n) is 7.16. The summed E-state index contributed by atoms with van der Waals surface area (Å²) < 4.78 is 5.52. The van der Waals surface area contributed by atoms with Crippen LogP contribution in [0.3, 0.4) is 0 Å². The molecular formula is C16H18N2O3. The van der Waals surface area contributed by atoms with E-state index >= 15 is 0 Å². The molecule has 21 heavy (non-hydrogen) atoms. The summed E-state index contributed by atoms with van der Waals surface area (Å²) in [5.74, 6) is -0.878. The van der Waals surface area contributed by atoms with Crippen LogP contribution in [0.15, 0.2) is 36.5 Å². The number of rotatable bonds is 5. The number of fused-ring (bicyclic) bond motifs is 1. The van der Waals surface area contributed by atoms with Crippen LogP contribution in [0.2, 0.25) is 0 Å². The predicted molar refractivity (Wildman–Crippen MR) is 79.1 cm³/mol. The molecule has 0 saturated carbocycles. The standard InChI is InChI=1S/C16H18N2O3/c19-16(20)15(18-10-13-4-2-8-21-13)12-5-6-14-11(9-12)3-1-7-17-14/h1,3,5-7,9,13,15,18H,2,4,8,10H2,(H,19,20). The summed E-state index contributed by atoms with van der Waals surface area (Å²) in [6, 6.07) is 8.61. The number of ether oxygens (including phenoxy) is 1. The third-order valence-corrected chi connectivity index (χ3v) is 3.78. The highest BCUT2D eigenvalue weighted by atomic mass is 16.5. The summed E-state index contributed by atoms with van der Waals surface area (Å²) in [5, 5.41) is 13.5. The van der Waals surface area contributed by atoms with E-state index in [1.54, 1.807) is 6.20 Å². The first-order chi connectivity index (χ1) is 10.2. The number of carboxylic acids is 1. The number of nitrogens with zero attached hydrogens (tertiary/aromatic N) is 1. The fourth-order valence-corrected chi connectivity index (χ4v) is 2.68. The summed E-state index contributed by atoms with van der Waals surface area (Å²) >= 11 is 0. The zero-order chi connectivity index (χ0) is 14.7. The molecule has 2 heterocycles. The number of carboxylic acid groups (broad SMARTS) is 1. The van der Waals surface area contributed by atoms with Gasteiger partial charge in [-0.25, -0.2) is 0 Å². The lowest BCUT2D eigenvalue weighted by molar-refractivity contribution is -0.139. The molecule has 1 fully saturated rings. The summed E-state index contributed by atoms with van der Waals surface area (Å²) in [6.07, 6.45) is 3.88. The second-order valence-corrected chi connectivity index (χ2v) is 5.27. The van der Waals surface area contributed by atoms with Gasteiger partial charge in [0.25, 0.3) is 0 Å². The van der Waals surface area contributed by atoms with Gasteiger partial charge in [0.05, 0.1) is 11.6 Å². The second kappa shape index (κ2) is 6.20. The molecule has 0 aliphatic carbocycles. The van der Waals surface area contributed by atoms with Crippen LogP contribution in [0.5, 0.6) is 0 Å². The molecular weight excluding hydrogens is 268 g/mol. The van der Waals surface area contributed by atoms with Gasteiger partial charge in [0.15, 0.2) is 0 Å². The number of hydrogen-bond acceptors (Lipinski definition) is 4. The normalized spacial score (nSPS) is 19.7. The second-order valence-electron chi connectivity index (χ2n) is 5.27. The van der Waals surface area contributed by atoms with Crippen LogP contribution in [0.1, 0.15) is 24.4 Å². The molecule has 5 nitrogen and oxygen atoms in total. The number of benzene rings is 1. The van der Waals surface area contributed by atoms with Crippen LogP contribution < -0.4 is 5.32 Å². The van der Waals surface area contributed by atoms with Crippen LogP contribution in [-0.4, -0.2) is 35.3 Å². The maximum atomic E-state index is 11.5. The number of pyridine rings is 1. The van der Waals surface area contributed by atoms with Crippen molar-refractivity contribution in [1.82, 2.24) is 10.3 Å². The van der Waals surface area contributed by atoms with E-state index in [4.69, 9.17) is 4.74 Å². The average Bonchev–Trinajstić information content (AvgIpc) is 3.00. The predicted octanol–water partition coefficient (Wildman–Crippen LogP) is 2.13. The maximum absolute atomic E-state index is 11.5. The number of aromatic nitrogens is 1. The van der Waals surface area contributed by atoms with E-state index in [2.05, 4.69) is 10.3 Å². The van der Waals surface area contributed by atoms with Crippen LogP contribution in [0.4, 0.5) is 0 Å². The van der Waals surface area contributed by atoms with Crippen LogP contribution in [-0.2, 0) is 9.53 Å². The van der Waals surface area contributed by atoms with Crippen molar-refractivity contribution in [3.05, 3.63) is 42.1 Å². The number of aliphatic carboxylic acids is 1. The highest BCUT2D eigenvalue weighted by Crippen LogP contribution is 2.20. The minimum Gasteiger partial charge on any atom is -0.480 e. The third kappa shape index (κ3) is 3.20. The number of carbonyl (C=O) groups is 1. The van der Waals surface area contributed by atoms with Crippen molar-refractivity contribution < 1.29 is 14.6 Å². The molecule has 0 amide bonds. The van der Waals surface area contributed by atoms with Crippen molar-refractivity contribution in [3.63, 3.8) is 0 Å². The molecule has 0 spiro atoms. The molecule has 1 aliphatic heterocycles. The van der Waals surface area contributed by atoms with Crippen molar-refractivity contribution in [2.45, 2.75) is 25.0 Å². The van der Waals surface area contributed by atoms with E-state index in [1.165, 1.54) is 0 Å². The highest BCUT2D eigenvalue weighted by Gasteiger charge is 2.23. The van der Waals surface area contributed by atoms with Gasteiger partial charge in [-0.2, -0.15) is 0 Å². The summed E-state index contributed by atoms with van der Waals surface area (Å²) in [4.78, 5) is 15.8. The lowest BCUT2D eigenvalue weighted by atomic mass is 10.0. The van der Waals surface area contributed by atoms with Crippen molar-refractivity contribution in [1.29, 1.82) is 0 Å². The van der Waals surface area contributed by atoms with E-state index in [1.807, 2.05) is 30.3 Å². The smallest absolute Gasteiger partial charge is 0.325 e. The van der Waals surface area contributed by atoms with Crippen molar-refractivity contribution in [2.75, 3.05) is 13.2 Å². The van der Waals surface area contributed by atoms with Gasteiger partial charge in [-0.3, -0.25) is 15.1 Å². The Hall–Kier alpha value is -1.98. The molecule has 2 unspecified atom stereocenters. The fourth-order valence-electron chi connectivity index (χ4n) is 2.68. The molecule has 110 valence electrons. The molecule has 1 saturated heterocycles. The van der Waals surface area contributed by atoms with Gasteiger partial charge in [0, 0.05) is 24.7 Å². The van der Waals surface area contributed by atoms with E-state index in [0.717, 1.165) is 35.9 Å². The minimum absolute atomic E-state index is 0.119. The Morgan fingerprint density at radius 1 is 1.48 bits per heavy atom. The quantitative estimate of drug-likeness (QED) is 0.881. The van der Waals surface area contributed by atoms with E-state index in [9.17, 15) is 9.90 Å². The fraction of sp³-hybridized carbons (Fsp3) is 0.375. The summed E-state index contributed by atoms with van der Waals surface area (Å²) in [7, 11) is 0. The molecule has 1 aromatic carbocycles. The molecule has 0 bridgehead atoms. The molecule has 1 aromatic heterocycles. The lowest BCUT2D eigenvalue weighted by Crippen LogP contribution is -2.34. The van der Waals surface area contributed by atoms with Gasteiger partial charge in [-0.1, -0.05) is 12.1 Å². The van der Waals surface area contributed by atoms with E-state index in [-0.39, 0.29) is 6.10 Å². The minimum atomic E-state index is -0.878. The van der Waals surface area contributed by atoms with Crippen molar-refractivity contribution in [3.8, 4) is 0 Å². The van der Waals surface area contributed by atoms with Crippen LogP contribution in [0.25, 0.3) is 10.9 Å². The molecule has 1 aliphatic rings. The number of hydrogen-bond donors (Lipinski definition) is 2. The lowest BCUT2D eigenvalue weighted by Gasteiger charge is -2.18. The molecule has 3 rings (SSSR count). The SMILES string of the molecule is O=C(O)C(NCC1CCCO1)c1ccc2ncccc2c1. The Kier molecular flexibility index (Phi) is 4.13. The monoisotopic (exact) mass is 286 g/mol. The van der Waals surface area contributed by atoms with Gasteiger partial charge in [-0.15, -0.1) is 0 Å². The largest absolute Gasteiger partial charge is 0.480 e. The molecule has 0 radical (unpaired) electrons. The third-order valence-electron chi connectivity index (χ3n) is 3.78. The van der Waals surface area contributed by atoms with Crippen LogP contribution >= 0.6 is 0 Å². The zero-order valence-corrected chi connectivity index (χ0v) is 11.7. The Labute approximate surface area is 123 Å². The Morgan fingerprint density at radius 3 is 3.14 bits per heavy atom. The van der Waals surface area contributed by atoms with Crippen molar-refractivity contribution >= 4 is 16.9 Å². The first kappa shape index (κ1) is 14.0. The van der Waals surface area contributed by atoms with Gasteiger partial charge >= 0.3 is 5.97 Å². The average molecular weight is 286 g/mol. The van der Waals surface area contributed by atoms with Crippen molar-refractivity contribution in [2.24, 2.45) is 0 Å². The molecule has 2 N–H and O–H groups in total. The van der Waals surface area contributed by atoms with Crippen LogP contribution in [0, 0.1) is 0 Å². The van der Waals surface area contributed by atoms with E-state index < -0.39 is 12.0 Å². The van der Waals surface area contributed by atoms with E-state index in [0.29, 0.717) is 6.54 Å².